The molecule has 0 atom stereocenters. The van der Waals surface area contributed by atoms with Crippen molar-refractivity contribution < 1.29 is 33.7 Å². The molecule has 61 heavy (non-hydrogen) atoms. The number of rotatable bonds is 4. The average Bonchev–Trinajstić information content (AvgIpc) is 3.80. The smallest absolute Gasteiger partial charge is 0.159 e. The van der Waals surface area contributed by atoms with Crippen LogP contribution < -0.4 is 9.13 Å². The summed E-state index contributed by atoms with van der Waals surface area (Å²) in [6.07, 6.45) is 4.01. The van der Waals surface area contributed by atoms with Gasteiger partial charge in [0.25, 0.3) is 0 Å². The fraction of sp³-hybridized carbons (Fsp3) is 0.0727. The Balaban J connectivity index is 0.000000228. The van der Waals surface area contributed by atoms with Crippen molar-refractivity contribution in [1.29, 1.82) is 5.26 Å². The standard InChI is InChI=1S/C38H24N3O.C17H20N.Ir/c1-24-18-20-28-29-21-19-26(23-39)36(38(29)42-37(28)34(24)32-16-8-9-22-40(32)2)41-31-15-7-6-13-30(31)35-27(14-10-17-33(35)41)25-11-4-3-5-12-25;1-13-8-6-7-9-15(13)16-11-10-14(12-18(16)5)17(2,3)4;/h3-22H,1-2H2;6-12H,1,5H2,2-4H3;/q2*-1;. The molecule has 10 rings (SSSR count). The van der Waals surface area contributed by atoms with Crippen LogP contribution in [0.4, 0.5) is 0 Å². The molecule has 4 aromatic heterocycles. The number of para-hydroxylation sites is 1. The van der Waals surface area contributed by atoms with E-state index in [2.05, 4.69) is 150 Å². The molecule has 0 fully saturated rings. The Morgan fingerprint density at radius 2 is 1.26 bits per heavy atom. The van der Waals surface area contributed by atoms with Gasteiger partial charge in [-0.15, -0.1) is 23.8 Å². The summed E-state index contributed by atoms with van der Waals surface area (Å²) < 4.78 is 12.8. The van der Waals surface area contributed by atoms with Gasteiger partial charge in [-0.25, -0.2) is 0 Å². The average molecular weight is 969 g/mol. The van der Waals surface area contributed by atoms with E-state index in [0.717, 1.165) is 88.6 Å². The number of benzene rings is 6. The Labute approximate surface area is 371 Å². The zero-order chi connectivity index (χ0) is 41.7. The number of hydrogen-bond donors (Lipinski definition) is 0. The van der Waals surface area contributed by atoms with Crippen molar-refractivity contribution in [2.75, 3.05) is 0 Å². The minimum absolute atomic E-state index is 0. The van der Waals surface area contributed by atoms with Crippen LogP contribution in [-0.2, 0) is 25.5 Å². The maximum atomic E-state index is 10.4. The summed E-state index contributed by atoms with van der Waals surface area (Å²) in [6.45, 7) is 15.0. The molecule has 6 heteroatoms. The molecule has 0 aliphatic carbocycles. The minimum Gasteiger partial charge on any atom is -0.467 e. The van der Waals surface area contributed by atoms with Gasteiger partial charge in [0.2, 0.25) is 0 Å². The summed E-state index contributed by atoms with van der Waals surface area (Å²) in [6, 6.07) is 54.0. The van der Waals surface area contributed by atoms with Gasteiger partial charge in [0.1, 0.15) is 11.8 Å². The van der Waals surface area contributed by atoms with E-state index in [1.54, 1.807) is 0 Å². The van der Waals surface area contributed by atoms with Gasteiger partial charge in [-0.05, 0) is 46.4 Å². The Morgan fingerprint density at radius 1 is 0.590 bits per heavy atom. The van der Waals surface area contributed by atoms with Crippen molar-refractivity contribution in [3.63, 3.8) is 0 Å². The molecular formula is C55H44IrN4O-2. The SMILES string of the molecule is [CH2-]c1ccc2c(oc3c(-n4c5ccccc5c5c(-c6ccccc6)cccc54)c(C#N)ccc32)c1-c1cccc[n+]1[CH2-].[CH2-]c1ccccc1-c1ccc(C(C)(C)C)c[n+]1[CH2-].[Ir]. The predicted octanol–water partition coefficient (Wildman–Crippen LogP) is 12.8. The molecule has 0 unspecified atom stereocenters. The first-order chi connectivity index (χ1) is 29.0. The fourth-order valence-corrected chi connectivity index (χ4v) is 8.35. The minimum atomic E-state index is 0. The van der Waals surface area contributed by atoms with E-state index in [0.29, 0.717) is 11.1 Å². The van der Waals surface area contributed by atoms with Crippen LogP contribution >= 0.6 is 0 Å². The monoisotopic (exact) mass is 969 g/mol. The van der Waals surface area contributed by atoms with E-state index >= 15 is 0 Å². The number of hydrogen-bond acceptors (Lipinski definition) is 2. The van der Waals surface area contributed by atoms with E-state index in [-0.39, 0.29) is 25.5 Å². The van der Waals surface area contributed by atoms with Gasteiger partial charge in [0, 0.05) is 55.7 Å². The molecular weight excluding hydrogens is 925 g/mol. The molecule has 5 nitrogen and oxygen atoms in total. The van der Waals surface area contributed by atoms with Crippen LogP contribution in [0.1, 0.15) is 43.0 Å². The summed E-state index contributed by atoms with van der Waals surface area (Å²) in [7, 11) is 8.29. The van der Waals surface area contributed by atoms with Crippen molar-refractivity contribution in [3.8, 4) is 45.4 Å². The van der Waals surface area contributed by atoms with Gasteiger partial charge in [0.15, 0.2) is 5.58 Å². The van der Waals surface area contributed by atoms with E-state index in [9.17, 15) is 5.26 Å². The Hall–Kier alpha value is -7.16. The molecule has 0 N–H and O–H groups in total. The van der Waals surface area contributed by atoms with Crippen molar-refractivity contribution in [2.24, 2.45) is 0 Å². The van der Waals surface area contributed by atoms with Crippen LogP contribution in [0.5, 0.6) is 0 Å². The largest absolute Gasteiger partial charge is 0.467 e. The summed E-state index contributed by atoms with van der Waals surface area (Å²) in [5.74, 6) is 0. The predicted molar refractivity (Wildman–Crippen MR) is 245 cm³/mol. The second kappa shape index (κ2) is 16.1. The zero-order valence-electron chi connectivity index (χ0n) is 34.4. The first kappa shape index (κ1) is 40.6. The fourth-order valence-electron chi connectivity index (χ4n) is 8.35. The number of nitrogens with zero attached hydrogens (tertiary/aromatic N) is 4. The number of furan rings is 1. The Bertz CT molecular complexity index is 3310. The van der Waals surface area contributed by atoms with Crippen molar-refractivity contribution in [3.05, 3.63) is 214 Å². The van der Waals surface area contributed by atoms with Crippen LogP contribution in [0, 0.1) is 39.3 Å². The van der Waals surface area contributed by atoms with Crippen molar-refractivity contribution >= 4 is 43.7 Å². The summed E-state index contributed by atoms with van der Waals surface area (Å²) >= 11 is 0. The second-order valence-corrected chi connectivity index (χ2v) is 16.2. The molecule has 0 saturated carbocycles. The molecule has 0 aliphatic rings. The van der Waals surface area contributed by atoms with E-state index in [1.165, 1.54) is 5.56 Å². The van der Waals surface area contributed by atoms with Crippen LogP contribution in [0.3, 0.4) is 0 Å². The van der Waals surface area contributed by atoms with E-state index in [4.69, 9.17) is 4.42 Å². The summed E-state index contributed by atoms with van der Waals surface area (Å²) in [5.41, 5.74) is 14.3. The maximum Gasteiger partial charge on any atom is 0.159 e. The third-order valence-electron chi connectivity index (χ3n) is 11.4. The first-order valence-electron chi connectivity index (χ1n) is 20.0. The Morgan fingerprint density at radius 3 is 2.00 bits per heavy atom. The normalized spacial score (nSPS) is 11.3. The topological polar surface area (TPSA) is 49.6 Å². The molecule has 6 aromatic carbocycles. The van der Waals surface area contributed by atoms with Crippen LogP contribution in [-0.4, -0.2) is 4.57 Å². The number of aromatic nitrogens is 3. The van der Waals surface area contributed by atoms with Gasteiger partial charge in [-0.2, -0.15) is 42.4 Å². The molecule has 10 aromatic rings. The molecule has 0 saturated heterocycles. The number of pyridine rings is 2. The number of nitriles is 1. The van der Waals surface area contributed by atoms with Gasteiger partial charge in [-0.3, -0.25) is 0 Å². The molecule has 0 spiro atoms. The zero-order valence-corrected chi connectivity index (χ0v) is 36.8. The van der Waals surface area contributed by atoms with Gasteiger partial charge in [0.05, 0.1) is 46.0 Å². The van der Waals surface area contributed by atoms with Crippen molar-refractivity contribution in [1.82, 2.24) is 4.57 Å². The summed E-state index contributed by atoms with van der Waals surface area (Å²) in [5, 5.41) is 14.6. The van der Waals surface area contributed by atoms with E-state index in [1.807, 2.05) is 82.1 Å². The van der Waals surface area contributed by atoms with Crippen molar-refractivity contribution in [2.45, 2.75) is 26.2 Å². The number of fused-ring (bicyclic) bond motifs is 6. The molecule has 0 amide bonds. The van der Waals surface area contributed by atoms with Crippen LogP contribution in [0.2, 0.25) is 0 Å². The van der Waals surface area contributed by atoms with E-state index < -0.39 is 0 Å². The quantitative estimate of drug-likeness (QED) is 0.130. The Kier molecular flexibility index (Phi) is 10.7. The van der Waals surface area contributed by atoms with Gasteiger partial charge in [-0.1, -0.05) is 123 Å². The molecule has 0 aliphatic heterocycles. The molecule has 1 radical (unpaired) electrons. The third-order valence-corrected chi connectivity index (χ3v) is 11.4. The third kappa shape index (κ3) is 7.08. The van der Waals surface area contributed by atoms with Crippen LogP contribution in [0.15, 0.2) is 168 Å². The second-order valence-electron chi connectivity index (χ2n) is 16.2. The molecule has 301 valence electrons. The van der Waals surface area contributed by atoms with Gasteiger partial charge >= 0.3 is 0 Å². The summed E-state index contributed by atoms with van der Waals surface area (Å²) in [4.78, 5) is 0. The van der Waals surface area contributed by atoms with Crippen LogP contribution in [0.25, 0.3) is 83.1 Å². The molecule has 4 heterocycles. The first-order valence-corrected chi connectivity index (χ1v) is 20.0. The van der Waals surface area contributed by atoms with Gasteiger partial charge < -0.3 is 18.1 Å². The molecule has 0 bridgehead atoms. The maximum absolute atomic E-state index is 10.4.